The Hall–Kier alpha value is -0.930. The molecule has 1 atom stereocenters. The van der Waals surface area contributed by atoms with Crippen molar-refractivity contribution in [3.05, 3.63) is 30.1 Å². The molecule has 2 heterocycles. The van der Waals surface area contributed by atoms with Gasteiger partial charge in [-0.15, -0.1) is 0 Å². The highest BCUT2D eigenvalue weighted by Gasteiger charge is 2.22. The summed E-state index contributed by atoms with van der Waals surface area (Å²) in [4.78, 5) is 6.67. The maximum atomic E-state index is 4.08. The minimum atomic E-state index is 0.522. The number of hydrogen-bond donors (Lipinski definition) is 1. The number of nitrogens with one attached hydrogen (secondary N) is 1. The highest BCUT2D eigenvalue weighted by atomic mass is 15.2. The minimum Gasteiger partial charge on any atom is -0.319 e. The summed E-state index contributed by atoms with van der Waals surface area (Å²) in [5, 5.41) is 3.29. The molecule has 1 aromatic rings. The Labute approximate surface area is 104 Å². The van der Waals surface area contributed by atoms with E-state index in [1.807, 2.05) is 19.4 Å². The first-order valence-corrected chi connectivity index (χ1v) is 6.60. The van der Waals surface area contributed by atoms with Crippen LogP contribution in [0.15, 0.2) is 24.5 Å². The van der Waals surface area contributed by atoms with Crippen molar-refractivity contribution in [1.82, 2.24) is 15.2 Å². The Morgan fingerprint density at radius 2 is 2.00 bits per heavy atom. The number of piperidine rings is 1. The van der Waals surface area contributed by atoms with Crippen LogP contribution in [0.4, 0.5) is 0 Å². The molecule has 3 nitrogen and oxygen atoms in total. The molecule has 3 heteroatoms. The lowest BCUT2D eigenvalue weighted by Crippen LogP contribution is -2.38. The summed E-state index contributed by atoms with van der Waals surface area (Å²) in [6.45, 7) is 5.90. The summed E-state index contributed by atoms with van der Waals surface area (Å²) >= 11 is 0. The lowest BCUT2D eigenvalue weighted by Gasteiger charge is -2.36. The third-order valence-corrected chi connectivity index (χ3v) is 3.88. The second kappa shape index (κ2) is 6.12. The lowest BCUT2D eigenvalue weighted by atomic mass is 9.95. The molecule has 0 amide bonds. The van der Waals surface area contributed by atoms with E-state index in [2.05, 4.69) is 34.3 Å². The van der Waals surface area contributed by atoms with Gasteiger partial charge in [0.1, 0.15) is 0 Å². The van der Waals surface area contributed by atoms with E-state index in [9.17, 15) is 0 Å². The predicted octanol–water partition coefficient (Wildman–Crippen LogP) is 2.07. The molecule has 1 aliphatic rings. The van der Waals surface area contributed by atoms with Crippen LogP contribution in [-0.2, 0) is 0 Å². The highest BCUT2D eigenvalue weighted by Crippen LogP contribution is 2.25. The molecule has 1 saturated heterocycles. The number of aromatic nitrogens is 1. The first kappa shape index (κ1) is 12.5. The average molecular weight is 233 g/mol. The standard InChI is InChI=1S/C14H23N3/c1-12(14-3-7-16-8-4-14)17-9-5-13(6-10-17)11-15-2/h3-4,7-8,12-13,15H,5-6,9-11H2,1-2H3. The second-order valence-corrected chi connectivity index (χ2v) is 4.99. The molecule has 1 aliphatic heterocycles. The van der Waals surface area contributed by atoms with E-state index >= 15 is 0 Å². The van der Waals surface area contributed by atoms with Crippen LogP contribution in [0.3, 0.4) is 0 Å². The van der Waals surface area contributed by atoms with E-state index in [0.717, 1.165) is 12.5 Å². The van der Waals surface area contributed by atoms with Gasteiger partial charge in [0.2, 0.25) is 0 Å². The first-order chi connectivity index (χ1) is 8.31. The summed E-state index contributed by atoms with van der Waals surface area (Å²) in [7, 11) is 2.05. The number of hydrogen-bond acceptors (Lipinski definition) is 3. The zero-order chi connectivity index (χ0) is 12.1. The Morgan fingerprint density at radius 1 is 1.35 bits per heavy atom. The quantitative estimate of drug-likeness (QED) is 0.863. The summed E-state index contributed by atoms with van der Waals surface area (Å²) in [6, 6.07) is 4.78. The molecule has 0 saturated carbocycles. The van der Waals surface area contributed by atoms with E-state index in [4.69, 9.17) is 0 Å². The third kappa shape index (κ3) is 3.27. The van der Waals surface area contributed by atoms with E-state index in [-0.39, 0.29) is 0 Å². The van der Waals surface area contributed by atoms with Gasteiger partial charge in [-0.1, -0.05) is 0 Å². The summed E-state index contributed by atoms with van der Waals surface area (Å²) in [6.07, 6.45) is 6.41. The van der Waals surface area contributed by atoms with Gasteiger partial charge < -0.3 is 5.32 Å². The van der Waals surface area contributed by atoms with Gasteiger partial charge in [-0.05, 0) is 70.1 Å². The molecule has 1 fully saturated rings. The maximum absolute atomic E-state index is 4.08. The van der Waals surface area contributed by atoms with Crippen LogP contribution >= 0.6 is 0 Å². The van der Waals surface area contributed by atoms with Crippen LogP contribution in [-0.4, -0.2) is 36.6 Å². The summed E-state index contributed by atoms with van der Waals surface area (Å²) in [5.41, 5.74) is 1.38. The number of rotatable bonds is 4. The van der Waals surface area contributed by atoms with Crippen molar-refractivity contribution in [2.45, 2.75) is 25.8 Å². The van der Waals surface area contributed by atoms with Crippen LogP contribution in [0.2, 0.25) is 0 Å². The fraction of sp³-hybridized carbons (Fsp3) is 0.643. The van der Waals surface area contributed by atoms with Crippen molar-refractivity contribution in [3.8, 4) is 0 Å². The predicted molar refractivity (Wildman–Crippen MR) is 70.9 cm³/mol. The van der Waals surface area contributed by atoms with Crippen LogP contribution in [0.5, 0.6) is 0 Å². The van der Waals surface area contributed by atoms with Gasteiger partial charge in [-0.2, -0.15) is 0 Å². The Balaban J connectivity index is 1.88. The van der Waals surface area contributed by atoms with Crippen molar-refractivity contribution in [1.29, 1.82) is 0 Å². The Kier molecular flexibility index (Phi) is 4.51. The largest absolute Gasteiger partial charge is 0.319 e. The van der Waals surface area contributed by atoms with Crippen molar-refractivity contribution >= 4 is 0 Å². The van der Waals surface area contributed by atoms with E-state index < -0.39 is 0 Å². The summed E-state index contributed by atoms with van der Waals surface area (Å²) in [5.74, 6) is 0.862. The molecule has 2 rings (SSSR count). The van der Waals surface area contributed by atoms with Gasteiger partial charge in [0.05, 0.1) is 0 Å². The monoisotopic (exact) mass is 233 g/mol. The molecule has 17 heavy (non-hydrogen) atoms. The number of likely N-dealkylation sites (tertiary alicyclic amines) is 1. The second-order valence-electron chi connectivity index (χ2n) is 4.99. The molecule has 94 valence electrons. The Morgan fingerprint density at radius 3 is 2.59 bits per heavy atom. The fourth-order valence-electron chi connectivity index (χ4n) is 2.69. The molecule has 1 unspecified atom stereocenters. The minimum absolute atomic E-state index is 0.522. The topological polar surface area (TPSA) is 28.2 Å². The van der Waals surface area contributed by atoms with Gasteiger partial charge in [0.15, 0.2) is 0 Å². The molecule has 0 radical (unpaired) electrons. The van der Waals surface area contributed by atoms with E-state index in [1.54, 1.807) is 0 Å². The SMILES string of the molecule is CNCC1CCN(C(C)c2ccncc2)CC1. The van der Waals surface area contributed by atoms with Crippen molar-refractivity contribution in [2.24, 2.45) is 5.92 Å². The van der Waals surface area contributed by atoms with Crippen molar-refractivity contribution in [2.75, 3.05) is 26.7 Å². The van der Waals surface area contributed by atoms with Crippen molar-refractivity contribution < 1.29 is 0 Å². The first-order valence-electron chi connectivity index (χ1n) is 6.60. The van der Waals surface area contributed by atoms with E-state index in [0.29, 0.717) is 6.04 Å². The van der Waals surface area contributed by atoms with Crippen LogP contribution < -0.4 is 5.32 Å². The lowest BCUT2D eigenvalue weighted by molar-refractivity contribution is 0.141. The molecular formula is C14H23N3. The molecule has 0 aromatic carbocycles. The van der Waals surface area contributed by atoms with Gasteiger partial charge in [-0.25, -0.2) is 0 Å². The van der Waals surface area contributed by atoms with E-state index in [1.165, 1.54) is 31.5 Å². The molecular weight excluding hydrogens is 210 g/mol. The summed E-state index contributed by atoms with van der Waals surface area (Å²) < 4.78 is 0. The molecule has 0 spiro atoms. The smallest absolute Gasteiger partial charge is 0.0320 e. The van der Waals surface area contributed by atoms with Gasteiger partial charge in [0, 0.05) is 18.4 Å². The van der Waals surface area contributed by atoms with Gasteiger partial charge in [-0.3, -0.25) is 9.88 Å². The van der Waals surface area contributed by atoms with Crippen LogP contribution in [0.1, 0.15) is 31.4 Å². The van der Waals surface area contributed by atoms with Gasteiger partial charge in [0.25, 0.3) is 0 Å². The van der Waals surface area contributed by atoms with Crippen molar-refractivity contribution in [3.63, 3.8) is 0 Å². The average Bonchev–Trinajstić information content (AvgIpc) is 2.40. The molecule has 0 bridgehead atoms. The zero-order valence-corrected chi connectivity index (χ0v) is 10.9. The normalized spacial score (nSPS) is 20.4. The van der Waals surface area contributed by atoms with Gasteiger partial charge >= 0.3 is 0 Å². The highest BCUT2D eigenvalue weighted by molar-refractivity contribution is 5.14. The Bertz CT molecular complexity index is 317. The maximum Gasteiger partial charge on any atom is 0.0320 e. The molecule has 1 N–H and O–H groups in total. The third-order valence-electron chi connectivity index (χ3n) is 3.88. The molecule has 0 aliphatic carbocycles. The number of nitrogens with zero attached hydrogens (tertiary/aromatic N) is 2. The zero-order valence-electron chi connectivity index (χ0n) is 10.9. The van der Waals surface area contributed by atoms with Crippen LogP contribution in [0.25, 0.3) is 0 Å². The number of pyridine rings is 1. The van der Waals surface area contributed by atoms with Crippen LogP contribution in [0, 0.1) is 5.92 Å². The molecule has 1 aromatic heterocycles. The fourth-order valence-corrected chi connectivity index (χ4v) is 2.69.